The monoisotopic (exact) mass is 347 g/mol. The van der Waals surface area contributed by atoms with Gasteiger partial charge in [0.15, 0.2) is 11.6 Å². The van der Waals surface area contributed by atoms with Crippen molar-refractivity contribution in [2.75, 3.05) is 26.3 Å². The molecule has 1 saturated heterocycles. The van der Waals surface area contributed by atoms with Crippen LogP contribution in [0.5, 0.6) is 5.75 Å². The molecule has 0 saturated carbocycles. The fraction of sp³-hybridized carbons (Fsp3) is 0.444. The Bertz CT molecular complexity index is 719. The van der Waals surface area contributed by atoms with Crippen molar-refractivity contribution in [3.8, 4) is 5.75 Å². The highest BCUT2D eigenvalue weighted by Gasteiger charge is 2.26. The van der Waals surface area contributed by atoms with E-state index in [0.29, 0.717) is 39.1 Å². The molecule has 0 unspecified atom stereocenters. The molecule has 1 fully saturated rings. The fourth-order valence-corrected chi connectivity index (χ4v) is 2.78. The summed E-state index contributed by atoms with van der Waals surface area (Å²) in [7, 11) is 0. The lowest BCUT2D eigenvalue weighted by atomic mass is 10.1. The van der Waals surface area contributed by atoms with E-state index in [2.05, 4.69) is 10.2 Å². The molecule has 134 valence electrons. The van der Waals surface area contributed by atoms with Gasteiger partial charge >= 0.3 is 0 Å². The molecule has 25 heavy (non-hydrogen) atoms. The maximum atomic E-state index is 13.5. The van der Waals surface area contributed by atoms with E-state index >= 15 is 0 Å². The molecule has 1 N–H and O–H groups in total. The Morgan fingerprint density at radius 2 is 2.32 bits per heavy atom. The fourth-order valence-electron chi connectivity index (χ4n) is 2.78. The average Bonchev–Trinajstić information content (AvgIpc) is 3.12. The molecule has 0 aliphatic carbocycles. The highest BCUT2D eigenvalue weighted by Crippen LogP contribution is 2.22. The number of halogens is 1. The van der Waals surface area contributed by atoms with Gasteiger partial charge in [0.1, 0.15) is 6.10 Å². The lowest BCUT2D eigenvalue weighted by molar-refractivity contribution is -0.138. The number of ether oxygens (including phenoxy) is 2. The maximum Gasteiger partial charge on any atom is 0.222 e. The third-order valence-corrected chi connectivity index (χ3v) is 4.17. The summed E-state index contributed by atoms with van der Waals surface area (Å²) in [6, 6.07) is 8.24. The summed E-state index contributed by atoms with van der Waals surface area (Å²) in [5, 5.41) is 7.24. The van der Waals surface area contributed by atoms with Crippen molar-refractivity contribution in [2.45, 2.75) is 25.9 Å². The van der Waals surface area contributed by atoms with Gasteiger partial charge in [-0.3, -0.25) is 9.89 Å². The van der Waals surface area contributed by atoms with Gasteiger partial charge in [-0.2, -0.15) is 5.10 Å². The second-order valence-corrected chi connectivity index (χ2v) is 5.90. The van der Waals surface area contributed by atoms with E-state index < -0.39 is 0 Å². The minimum absolute atomic E-state index is 0.127. The standard InChI is InChI=1S/C18H22FN3O3/c1-2-18(23)22-8-10-25-17(12-22)15-11-13(20-21-15)7-9-24-16-6-4-3-5-14(16)19/h3-6,11,17H,2,7-10,12H2,1H3,(H,20,21)/t17-/m0/s1. The number of hydrogen-bond acceptors (Lipinski definition) is 4. The molecule has 1 aromatic heterocycles. The number of amides is 1. The smallest absolute Gasteiger partial charge is 0.222 e. The van der Waals surface area contributed by atoms with Crippen LogP contribution < -0.4 is 4.74 Å². The highest BCUT2D eigenvalue weighted by molar-refractivity contribution is 5.75. The molecule has 7 heteroatoms. The zero-order chi connectivity index (χ0) is 17.6. The van der Waals surface area contributed by atoms with E-state index in [4.69, 9.17) is 9.47 Å². The molecule has 1 atom stereocenters. The average molecular weight is 347 g/mol. The Morgan fingerprint density at radius 3 is 3.12 bits per heavy atom. The third-order valence-electron chi connectivity index (χ3n) is 4.17. The molecule has 0 radical (unpaired) electrons. The van der Waals surface area contributed by atoms with Crippen LogP contribution in [0.15, 0.2) is 30.3 Å². The van der Waals surface area contributed by atoms with Gasteiger partial charge in [-0.25, -0.2) is 4.39 Å². The van der Waals surface area contributed by atoms with Crippen LogP contribution in [0.3, 0.4) is 0 Å². The van der Waals surface area contributed by atoms with E-state index in [9.17, 15) is 9.18 Å². The Kier molecular flexibility index (Phi) is 5.65. The van der Waals surface area contributed by atoms with Gasteiger partial charge in [-0.05, 0) is 18.2 Å². The summed E-state index contributed by atoms with van der Waals surface area (Å²) in [4.78, 5) is 13.7. The van der Waals surface area contributed by atoms with Crippen LogP contribution in [0.2, 0.25) is 0 Å². The lowest BCUT2D eigenvalue weighted by Gasteiger charge is -2.32. The first-order chi connectivity index (χ1) is 12.2. The predicted octanol–water partition coefficient (Wildman–Crippen LogP) is 2.48. The number of nitrogens with one attached hydrogen (secondary N) is 1. The van der Waals surface area contributed by atoms with Gasteiger partial charge in [-0.1, -0.05) is 19.1 Å². The van der Waals surface area contributed by atoms with Crippen LogP contribution in [0.4, 0.5) is 4.39 Å². The lowest BCUT2D eigenvalue weighted by Crippen LogP contribution is -2.42. The molecule has 1 aromatic carbocycles. The van der Waals surface area contributed by atoms with Crippen LogP contribution in [-0.4, -0.2) is 47.3 Å². The summed E-state index contributed by atoms with van der Waals surface area (Å²) in [6.45, 7) is 3.85. The number of para-hydroxylation sites is 1. The normalized spacial score (nSPS) is 17.5. The number of hydrogen-bond donors (Lipinski definition) is 1. The summed E-state index contributed by atoms with van der Waals surface area (Å²) < 4.78 is 24.7. The number of benzene rings is 1. The number of nitrogens with zero attached hydrogens (tertiary/aromatic N) is 2. The van der Waals surface area contributed by atoms with E-state index in [-0.39, 0.29) is 23.6 Å². The minimum atomic E-state index is -0.371. The van der Waals surface area contributed by atoms with Crippen molar-refractivity contribution >= 4 is 5.91 Å². The molecule has 2 aromatic rings. The highest BCUT2D eigenvalue weighted by atomic mass is 19.1. The summed E-state index contributed by atoms with van der Waals surface area (Å²) in [6.07, 6.45) is 0.846. The quantitative estimate of drug-likeness (QED) is 0.872. The summed E-state index contributed by atoms with van der Waals surface area (Å²) in [5.41, 5.74) is 1.66. The SMILES string of the molecule is CCC(=O)N1CCO[C@H](c2cc(CCOc3ccccc3F)[nH]n2)C1. The van der Waals surface area contributed by atoms with Crippen molar-refractivity contribution in [1.82, 2.24) is 15.1 Å². The van der Waals surface area contributed by atoms with Gasteiger partial charge in [0.05, 0.1) is 25.5 Å². The Hall–Kier alpha value is -2.41. The number of morpholine rings is 1. The second-order valence-electron chi connectivity index (χ2n) is 5.90. The van der Waals surface area contributed by atoms with Crippen molar-refractivity contribution in [3.63, 3.8) is 0 Å². The van der Waals surface area contributed by atoms with Crippen molar-refractivity contribution in [3.05, 3.63) is 47.5 Å². The Labute approximate surface area is 145 Å². The van der Waals surface area contributed by atoms with Crippen molar-refractivity contribution in [2.24, 2.45) is 0 Å². The Balaban J connectivity index is 1.53. The molecule has 2 heterocycles. The van der Waals surface area contributed by atoms with Gasteiger partial charge in [0.2, 0.25) is 5.91 Å². The van der Waals surface area contributed by atoms with Crippen LogP contribution in [-0.2, 0) is 16.0 Å². The molecule has 0 spiro atoms. The molecule has 1 aliphatic rings. The molecule has 1 amide bonds. The van der Waals surface area contributed by atoms with Crippen LogP contribution in [0.25, 0.3) is 0 Å². The zero-order valence-corrected chi connectivity index (χ0v) is 14.2. The van der Waals surface area contributed by atoms with Crippen LogP contribution in [0, 0.1) is 5.82 Å². The number of carbonyl (C=O) groups is 1. The number of rotatable bonds is 6. The van der Waals surface area contributed by atoms with E-state index in [1.165, 1.54) is 6.07 Å². The summed E-state index contributed by atoms with van der Waals surface area (Å²) in [5.74, 6) is -0.00184. The largest absolute Gasteiger partial charge is 0.490 e. The van der Waals surface area contributed by atoms with E-state index in [1.54, 1.807) is 18.2 Å². The molecule has 6 nitrogen and oxygen atoms in total. The molecule has 1 aliphatic heterocycles. The minimum Gasteiger partial charge on any atom is -0.490 e. The maximum absolute atomic E-state index is 13.5. The predicted molar refractivity (Wildman–Crippen MR) is 89.8 cm³/mol. The number of aromatic amines is 1. The number of carbonyl (C=O) groups excluding carboxylic acids is 1. The van der Waals surface area contributed by atoms with Crippen LogP contribution >= 0.6 is 0 Å². The van der Waals surface area contributed by atoms with E-state index in [0.717, 1.165) is 11.4 Å². The van der Waals surface area contributed by atoms with Gasteiger partial charge in [-0.15, -0.1) is 0 Å². The first-order valence-corrected chi connectivity index (χ1v) is 8.48. The van der Waals surface area contributed by atoms with Crippen molar-refractivity contribution in [1.29, 1.82) is 0 Å². The van der Waals surface area contributed by atoms with Gasteiger partial charge in [0, 0.05) is 25.1 Å². The first-order valence-electron chi connectivity index (χ1n) is 8.48. The van der Waals surface area contributed by atoms with Gasteiger partial charge in [0.25, 0.3) is 0 Å². The summed E-state index contributed by atoms with van der Waals surface area (Å²) >= 11 is 0. The Morgan fingerprint density at radius 1 is 1.48 bits per heavy atom. The molecular formula is C18H22FN3O3. The zero-order valence-electron chi connectivity index (χ0n) is 14.2. The topological polar surface area (TPSA) is 67.5 Å². The van der Waals surface area contributed by atoms with Gasteiger partial charge < -0.3 is 14.4 Å². The van der Waals surface area contributed by atoms with Crippen molar-refractivity contribution < 1.29 is 18.7 Å². The number of H-pyrrole nitrogens is 1. The molecule has 0 bridgehead atoms. The molecule has 3 rings (SSSR count). The molecular weight excluding hydrogens is 325 g/mol. The second kappa shape index (κ2) is 8.11. The number of aromatic nitrogens is 2. The van der Waals surface area contributed by atoms with Crippen LogP contribution in [0.1, 0.15) is 30.8 Å². The van der Waals surface area contributed by atoms with E-state index in [1.807, 2.05) is 17.9 Å². The first kappa shape index (κ1) is 17.4. The third kappa shape index (κ3) is 4.36.